The first kappa shape index (κ1) is 13.9. The molecule has 98 valence electrons. The van der Waals surface area contributed by atoms with Gasteiger partial charge in [0, 0.05) is 6.42 Å². The normalized spacial score (nSPS) is 18.9. The number of esters is 1. The Morgan fingerprint density at radius 2 is 1.72 bits per heavy atom. The van der Waals surface area contributed by atoms with Crippen LogP contribution in [0.2, 0.25) is 20.1 Å². The van der Waals surface area contributed by atoms with Crippen LogP contribution in [0.5, 0.6) is 11.5 Å². The second-order valence-corrected chi connectivity index (χ2v) is 5.01. The fourth-order valence-corrected chi connectivity index (χ4v) is 2.30. The lowest BCUT2D eigenvalue weighted by molar-refractivity contribution is -0.143. The predicted molar refractivity (Wildman–Crippen MR) is 68.1 cm³/mol. The molecule has 0 bridgehead atoms. The number of aromatic hydroxyl groups is 1. The molecule has 1 aliphatic rings. The monoisotopic (exact) mass is 330 g/mol. The van der Waals surface area contributed by atoms with E-state index >= 15 is 0 Å². The van der Waals surface area contributed by atoms with E-state index in [1.807, 2.05) is 0 Å². The van der Waals surface area contributed by atoms with Crippen LogP contribution in [0.4, 0.5) is 0 Å². The second-order valence-electron chi connectivity index (χ2n) is 3.50. The van der Waals surface area contributed by atoms with E-state index in [0.29, 0.717) is 6.42 Å². The number of hydrogen-bond donors (Lipinski definition) is 1. The van der Waals surface area contributed by atoms with Gasteiger partial charge in [-0.25, -0.2) is 4.79 Å². The molecule has 1 aromatic carbocycles. The molecule has 1 saturated heterocycles. The number of carbonyl (C=O) groups excluding carboxylic acids is 1. The number of carbonyl (C=O) groups is 1. The van der Waals surface area contributed by atoms with Crippen LogP contribution >= 0.6 is 46.4 Å². The molecule has 1 aliphatic heterocycles. The maximum absolute atomic E-state index is 11.3. The lowest BCUT2D eigenvalue weighted by atomic mass is 10.2. The van der Waals surface area contributed by atoms with E-state index in [1.165, 1.54) is 0 Å². The van der Waals surface area contributed by atoms with Gasteiger partial charge < -0.3 is 14.6 Å². The van der Waals surface area contributed by atoms with E-state index in [4.69, 9.17) is 55.9 Å². The Hall–Kier alpha value is -0.550. The highest BCUT2D eigenvalue weighted by atomic mass is 35.5. The maximum atomic E-state index is 11.3. The van der Waals surface area contributed by atoms with Crippen molar-refractivity contribution in [1.82, 2.24) is 0 Å². The molecule has 8 heteroatoms. The van der Waals surface area contributed by atoms with Crippen LogP contribution in [0.15, 0.2) is 0 Å². The van der Waals surface area contributed by atoms with Gasteiger partial charge in [-0.05, 0) is 0 Å². The van der Waals surface area contributed by atoms with Crippen LogP contribution < -0.4 is 4.74 Å². The van der Waals surface area contributed by atoms with E-state index in [2.05, 4.69) is 0 Å². The summed E-state index contributed by atoms with van der Waals surface area (Å²) >= 11 is 23.2. The van der Waals surface area contributed by atoms with E-state index in [-0.39, 0.29) is 32.4 Å². The number of hydrogen-bond acceptors (Lipinski definition) is 4. The first-order valence-corrected chi connectivity index (χ1v) is 6.33. The lowest BCUT2D eigenvalue weighted by Crippen LogP contribution is -2.22. The van der Waals surface area contributed by atoms with E-state index in [9.17, 15) is 9.90 Å². The van der Waals surface area contributed by atoms with Crippen LogP contribution in [0.3, 0.4) is 0 Å². The van der Waals surface area contributed by atoms with Crippen molar-refractivity contribution in [2.45, 2.75) is 12.5 Å². The van der Waals surface area contributed by atoms with Crippen molar-refractivity contribution in [1.29, 1.82) is 0 Å². The quantitative estimate of drug-likeness (QED) is 0.510. The molecule has 1 N–H and O–H groups in total. The third-order valence-corrected chi connectivity index (χ3v) is 4.12. The summed E-state index contributed by atoms with van der Waals surface area (Å²) in [5, 5.41) is 9.36. The van der Waals surface area contributed by atoms with Gasteiger partial charge in [0.1, 0.15) is 10.0 Å². The molecule has 2 rings (SSSR count). The van der Waals surface area contributed by atoms with Gasteiger partial charge in [-0.1, -0.05) is 46.4 Å². The molecule has 0 amide bonds. The molecule has 0 aromatic heterocycles. The minimum atomic E-state index is -0.846. The largest absolute Gasteiger partial charge is 0.503 e. The molecule has 0 radical (unpaired) electrons. The highest BCUT2D eigenvalue weighted by Gasteiger charge is 2.31. The molecular formula is C10H6Cl4O4. The highest BCUT2D eigenvalue weighted by molar-refractivity contribution is 6.52. The molecule has 1 atom stereocenters. The minimum absolute atomic E-state index is 0.0532. The topological polar surface area (TPSA) is 55.8 Å². The zero-order chi connectivity index (χ0) is 13.4. The van der Waals surface area contributed by atoms with Crippen molar-refractivity contribution in [3.8, 4) is 11.5 Å². The van der Waals surface area contributed by atoms with Crippen LogP contribution in [-0.4, -0.2) is 23.8 Å². The molecule has 1 heterocycles. The molecule has 0 aliphatic carbocycles. The standard InChI is InChI=1S/C10H6Cl4O4/c11-4-5(12)7(14)9(8(15)6(4)13)18-3-1-2-17-10(3)16/h3,15H,1-2H2/t3-/m0/s1. The lowest BCUT2D eigenvalue weighted by Gasteiger charge is -2.15. The third kappa shape index (κ3) is 2.30. The first-order valence-electron chi connectivity index (χ1n) is 4.81. The molecule has 18 heavy (non-hydrogen) atoms. The Morgan fingerprint density at radius 3 is 2.28 bits per heavy atom. The van der Waals surface area contributed by atoms with E-state index < -0.39 is 17.8 Å². The Morgan fingerprint density at radius 1 is 1.11 bits per heavy atom. The van der Waals surface area contributed by atoms with Crippen LogP contribution in [0.1, 0.15) is 6.42 Å². The molecule has 0 spiro atoms. The fraction of sp³-hybridized carbons (Fsp3) is 0.300. The van der Waals surface area contributed by atoms with Gasteiger partial charge in [0.15, 0.2) is 17.6 Å². The summed E-state index contributed by atoms with van der Waals surface area (Å²) < 4.78 is 10.0. The molecular weight excluding hydrogens is 326 g/mol. The Kier molecular flexibility index (Phi) is 4.02. The predicted octanol–water partition coefficient (Wildman–Crippen LogP) is 3.70. The smallest absolute Gasteiger partial charge is 0.347 e. The zero-order valence-electron chi connectivity index (χ0n) is 8.68. The summed E-state index contributed by atoms with van der Waals surface area (Å²) in [7, 11) is 0. The number of benzene rings is 1. The van der Waals surface area contributed by atoms with E-state index in [1.54, 1.807) is 0 Å². The van der Waals surface area contributed by atoms with Gasteiger partial charge in [-0.15, -0.1) is 0 Å². The van der Waals surface area contributed by atoms with Gasteiger partial charge in [0.05, 0.1) is 16.7 Å². The summed E-state index contributed by atoms with van der Waals surface area (Å²) in [5.41, 5.74) is 0. The number of rotatable bonds is 2. The second kappa shape index (κ2) is 5.21. The Balaban J connectivity index is 2.41. The number of ether oxygens (including phenoxy) is 2. The van der Waals surface area contributed by atoms with Gasteiger partial charge in [-0.2, -0.15) is 0 Å². The minimum Gasteiger partial charge on any atom is -0.503 e. The molecule has 1 fully saturated rings. The van der Waals surface area contributed by atoms with Gasteiger partial charge in [0.25, 0.3) is 0 Å². The number of phenols is 1. The SMILES string of the molecule is O=C1OCC[C@@H]1Oc1c(O)c(Cl)c(Cl)c(Cl)c1Cl. The summed E-state index contributed by atoms with van der Waals surface area (Å²) in [5.74, 6) is -1.18. The van der Waals surface area contributed by atoms with Crippen LogP contribution in [-0.2, 0) is 9.53 Å². The van der Waals surface area contributed by atoms with Gasteiger partial charge in [0.2, 0.25) is 0 Å². The highest BCUT2D eigenvalue weighted by Crippen LogP contribution is 2.50. The number of phenolic OH excluding ortho intramolecular Hbond substituents is 1. The van der Waals surface area contributed by atoms with Crippen molar-refractivity contribution < 1.29 is 19.4 Å². The first-order chi connectivity index (χ1) is 8.43. The van der Waals surface area contributed by atoms with Crippen molar-refractivity contribution in [3.05, 3.63) is 20.1 Å². The van der Waals surface area contributed by atoms with Gasteiger partial charge >= 0.3 is 5.97 Å². The molecule has 4 nitrogen and oxygen atoms in total. The fourth-order valence-electron chi connectivity index (χ4n) is 1.43. The zero-order valence-corrected chi connectivity index (χ0v) is 11.7. The van der Waals surface area contributed by atoms with Gasteiger partial charge in [-0.3, -0.25) is 0 Å². The van der Waals surface area contributed by atoms with Crippen molar-refractivity contribution in [3.63, 3.8) is 0 Å². The van der Waals surface area contributed by atoms with E-state index in [0.717, 1.165) is 0 Å². The van der Waals surface area contributed by atoms with Crippen molar-refractivity contribution in [2.75, 3.05) is 6.61 Å². The average molecular weight is 332 g/mol. The third-order valence-electron chi connectivity index (χ3n) is 2.35. The summed E-state index contributed by atoms with van der Waals surface area (Å²) in [6, 6.07) is 0. The van der Waals surface area contributed by atoms with Crippen LogP contribution in [0, 0.1) is 0 Å². The summed E-state index contributed by atoms with van der Waals surface area (Å²) in [4.78, 5) is 11.3. The van der Waals surface area contributed by atoms with Crippen LogP contribution in [0.25, 0.3) is 0 Å². The number of halogens is 4. The van der Waals surface area contributed by atoms with Crippen molar-refractivity contribution >= 4 is 52.4 Å². The molecule has 1 aromatic rings. The van der Waals surface area contributed by atoms with Crippen molar-refractivity contribution in [2.24, 2.45) is 0 Å². The Bertz CT molecular complexity index is 488. The Labute approximate surface area is 122 Å². The maximum Gasteiger partial charge on any atom is 0.347 e. The molecule has 0 unspecified atom stereocenters. The summed E-state index contributed by atoms with van der Waals surface area (Å²) in [6.45, 7) is 0.247. The average Bonchev–Trinajstić information content (AvgIpc) is 2.75. The summed E-state index contributed by atoms with van der Waals surface area (Å²) in [6.07, 6.45) is -0.492. The number of cyclic esters (lactones) is 1. The molecule has 0 saturated carbocycles.